The van der Waals surface area contributed by atoms with Gasteiger partial charge in [0.05, 0.1) is 5.69 Å². The molecule has 2 N–H and O–H groups in total. The first kappa shape index (κ1) is 13.6. The molecule has 4 heteroatoms. The minimum Gasteiger partial charge on any atom is -0.508 e. The van der Waals surface area contributed by atoms with Crippen molar-refractivity contribution in [1.29, 1.82) is 0 Å². The number of phenols is 1. The van der Waals surface area contributed by atoms with Gasteiger partial charge in [0.1, 0.15) is 11.5 Å². The lowest BCUT2D eigenvalue weighted by molar-refractivity contribution is 0.391. The zero-order valence-corrected chi connectivity index (χ0v) is 11.8. The Bertz CT molecular complexity index is 556. The van der Waals surface area contributed by atoms with Gasteiger partial charge in [0.25, 0.3) is 0 Å². The first-order valence-corrected chi connectivity index (χ1v) is 6.43. The quantitative estimate of drug-likeness (QED) is 0.886. The van der Waals surface area contributed by atoms with Crippen molar-refractivity contribution in [2.75, 3.05) is 0 Å². The molecular weight excluding hydrogens is 240 g/mol. The van der Waals surface area contributed by atoms with Crippen LogP contribution >= 0.6 is 0 Å². The van der Waals surface area contributed by atoms with Crippen molar-refractivity contribution in [3.8, 4) is 5.75 Å². The Morgan fingerprint density at radius 2 is 2.05 bits per heavy atom. The van der Waals surface area contributed by atoms with E-state index in [-0.39, 0.29) is 6.04 Å². The normalized spacial score (nSPS) is 12.6. The van der Waals surface area contributed by atoms with Crippen molar-refractivity contribution in [3.05, 3.63) is 46.3 Å². The molecule has 0 amide bonds. The molecule has 19 heavy (non-hydrogen) atoms. The third kappa shape index (κ3) is 2.96. The Balaban J connectivity index is 2.07. The molecule has 2 rings (SSSR count). The summed E-state index contributed by atoms with van der Waals surface area (Å²) < 4.78 is 5.13. The third-order valence-electron chi connectivity index (χ3n) is 3.42. The molecule has 1 aromatic carbocycles. The highest BCUT2D eigenvalue weighted by atomic mass is 16.5. The number of nitrogens with one attached hydrogen (secondary N) is 1. The number of phenolic OH excluding ortho intramolecular Hbond substituents is 1. The van der Waals surface area contributed by atoms with Crippen LogP contribution < -0.4 is 5.32 Å². The minimum absolute atomic E-state index is 0.0642. The molecule has 1 atom stereocenters. The van der Waals surface area contributed by atoms with E-state index in [0.29, 0.717) is 12.3 Å². The van der Waals surface area contributed by atoms with Gasteiger partial charge in [-0.1, -0.05) is 17.3 Å². The summed E-state index contributed by atoms with van der Waals surface area (Å²) in [4.78, 5) is 0. The summed E-state index contributed by atoms with van der Waals surface area (Å²) in [5.41, 5.74) is 3.94. The highest BCUT2D eigenvalue weighted by Crippen LogP contribution is 2.25. The number of aromatic hydroxyl groups is 1. The second-order valence-corrected chi connectivity index (χ2v) is 4.97. The predicted octanol–water partition coefficient (Wildman–Crippen LogP) is 3.16. The number of hydrogen-bond acceptors (Lipinski definition) is 4. The van der Waals surface area contributed by atoms with Gasteiger partial charge >= 0.3 is 0 Å². The van der Waals surface area contributed by atoms with Crippen molar-refractivity contribution in [2.24, 2.45) is 0 Å². The molecule has 4 nitrogen and oxygen atoms in total. The van der Waals surface area contributed by atoms with Crippen LogP contribution in [-0.4, -0.2) is 10.3 Å². The number of aryl methyl sites for hydroxylation is 3. The second kappa shape index (κ2) is 5.45. The molecule has 0 aliphatic carbocycles. The maximum absolute atomic E-state index is 9.96. The Kier molecular flexibility index (Phi) is 3.90. The molecule has 0 aliphatic rings. The average molecular weight is 260 g/mol. The number of rotatable bonds is 4. The highest BCUT2D eigenvalue weighted by molar-refractivity contribution is 5.37. The van der Waals surface area contributed by atoms with Gasteiger partial charge in [0.2, 0.25) is 0 Å². The van der Waals surface area contributed by atoms with Crippen LogP contribution in [0.15, 0.2) is 22.7 Å². The first-order valence-electron chi connectivity index (χ1n) is 6.43. The molecule has 0 saturated heterocycles. The summed E-state index contributed by atoms with van der Waals surface area (Å²) in [7, 11) is 0. The van der Waals surface area contributed by atoms with E-state index < -0.39 is 0 Å². The molecule has 1 heterocycles. The van der Waals surface area contributed by atoms with E-state index in [4.69, 9.17) is 4.52 Å². The second-order valence-electron chi connectivity index (χ2n) is 4.97. The smallest absolute Gasteiger partial charge is 0.138 e. The third-order valence-corrected chi connectivity index (χ3v) is 3.42. The molecule has 102 valence electrons. The van der Waals surface area contributed by atoms with E-state index in [0.717, 1.165) is 28.1 Å². The molecular formula is C15H20N2O2. The summed E-state index contributed by atoms with van der Waals surface area (Å²) in [6, 6.07) is 5.80. The van der Waals surface area contributed by atoms with Gasteiger partial charge in [-0.25, -0.2) is 0 Å². The lowest BCUT2D eigenvalue weighted by atomic mass is 10.0. The zero-order chi connectivity index (χ0) is 14.0. The zero-order valence-electron chi connectivity index (χ0n) is 11.8. The Morgan fingerprint density at radius 3 is 2.63 bits per heavy atom. The predicted molar refractivity (Wildman–Crippen MR) is 74.1 cm³/mol. The van der Waals surface area contributed by atoms with Crippen LogP contribution in [0.1, 0.15) is 41.1 Å². The number of aromatic nitrogens is 1. The molecule has 1 aromatic heterocycles. The van der Waals surface area contributed by atoms with E-state index in [1.165, 1.54) is 0 Å². The Hall–Kier alpha value is -1.81. The fourth-order valence-electron chi connectivity index (χ4n) is 2.14. The molecule has 0 fully saturated rings. The van der Waals surface area contributed by atoms with Crippen molar-refractivity contribution >= 4 is 0 Å². The minimum atomic E-state index is 0.0642. The molecule has 1 unspecified atom stereocenters. The average Bonchev–Trinajstić information content (AvgIpc) is 2.66. The molecule has 0 radical (unpaired) electrons. The summed E-state index contributed by atoms with van der Waals surface area (Å²) in [6.45, 7) is 8.51. The van der Waals surface area contributed by atoms with Gasteiger partial charge in [-0.3, -0.25) is 0 Å². The van der Waals surface area contributed by atoms with Gasteiger partial charge in [0, 0.05) is 23.7 Å². The van der Waals surface area contributed by atoms with Crippen molar-refractivity contribution in [2.45, 2.75) is 40.3 Å². The summed E-state index contributed by atoms with van der Waals surface area (Å²) in [5.74, 6) is 1.17. The maximum atomic E-state index is 9.96. The topological polar surface area (TPSA) is 58.3 Å². The lowest BCUT2D eigenvalue weighted by Crippen LogP contribution is -2.18. The Labute approximate surface area is 113 Å². The van der Waals surface area contributed by atoms with E-state index in [2.05, 4.69) is 10.5 Å². The van der Waals surface area contributed by atoms with Gasteiger partial charge in [0.15, 0.2) is 0 Å². The molecule has 0 bridgehead atoms. The number of nitrogens with zero attached hydrogens (tertiary/aromatic N) is 1. The largest absolute Gasteiger partial charge is 0.508 e. The van der Waals surface area contributed by atoms with Gasteiger partial charge < -0.3 is 14.9 Å². The Morgan fingerprint density at radius 1 is 1.32 bits per heavy atom. The van der Waals surface area contributed by atoms with Crippen molar-refractivity contribution in [1.82, 2.24) is 10.5 Å². The van der Waals surface area contributed by atoms with E-state index in [1.807, 2.05) is 39.8 Å². The van der Waals surface area contributed by atoms with E-state index in [1.54, 1.807) is 6.07 Å². The van der Waals surface area contributed by atoms with Crippen LogP contribution in [-0.2, 0) is 6.54 Å². The SMILES string of the molecule is Cc1ccc(C(C)NCc2c(C)noc2C)c(O)c1. The lowest BCUT2D eigenvalue weighted by Gasteiger charge is -2.16. The fraction of sp³-hybridized carbons (Fsp3) is 0.400. The highest BCUT2D eigenvalue weighted by Gasteiger charge is 2.13. The standard InChI is InChI=1S/C15H20N2O2/c1-9-5-6-13(15(18)7-9)10(2)16-8-14-11(3)17-19-12(14)4/h5-7,10,16,18H,8H2,1-4H3. The van der Waals surface area contributed by atoms with Crippen molar-refractivity contribution < 1.29 is 9.63 Å². The van der Waals surface area contributed by atoms with Crippen LogP contribution in [0, 0.1) is 20.8 Å². The van der Waals surface area contributed by atoms with Crippen LogP contribution in [0.2, 0.25) is 0 Å². The number of hydrogen-bond donors (Lipinski definition) is 2. The van der Waals surface area contributed by atoms with Crippen molar-refractivity contribution in [3.63, 3.8) is 0 Å². The summed E-state index contributed by atoms with van der Waals surface area (Å²) in [5, 5.41) is 17.3. The van der Waals surface area contributed by atoms with E-state index in [9.17, 15) is 5.11 Å². The van der Waals surface area contributed by atoms with Crippen LogP contribution in [0.4, 0.5) is 0 Å². The maximum Gasteiger partial charge on any atom is 0.138 e. The van der Waals surface area contributed by atoms with Crippen LogP contribution in [0.5, 0.6) is 5.75 Å². The van der Waals surface area contributed by atoms with Gasteiger partial charge in [-0.2, -0.15) is 0 Å². The molecule has 2 aromatic rings. The summed E-state index contributed by atoms with van der Waals surface area (Å²) >= 11 is 0. The molecule has 0 spiro atoms. The van der Waals surface area contributed by atoms with Gasteiger partial charge in [-0.05, 0) is 39.3 Å². The van der Waals surface area contributed by atoms with Crippen LogP contribution in [0.3, 0.4) is 0 Å². The van der Waals surface area contributed by atoms with E-state index >= 15 is 0 Å². The molecule has 0 saturated carbocycles. The summed E-state index contributed by atoms with van der Waals surface area (Å²) in [6.07, 6.45) is 0. The number of benzene rings is 1. The fourth-order valence-corrected chi connectivity index (χ4v) is 2.14. The molecule has 0 aliphatic heterocycles. The van der Waals surface area contributed by atoms with Crippen LogP contribution in [0.25, 0.3) is 0 Å². The monoisotopic (exact) mass is 260 g/mol. The first-order chi connectivity index (χ1) is 8.99. The van der Waals surface area contributed by atoms with Gasteiger partial charge in [-0.15, -0.1) is 0 Å².